The first-order valence-electron chi connectivity index (χ1n) is 10.0. The van der Waals surface area contributed by atoms with Gasteiger partial charge in [0.25, 0.3) is 0 Å². The fourth-order valence-corrected chi connectivity index (χ4v) is 3.30. The lowest BCUT2D eigenvalue weighted by molar-refractivity contribution is 0.000155. The molecule has 1 N–H and O–H groups in total. The van der Waals surface area contributed by atoms with E-state index in [1.165, 1.54) is 6.07 Å². The van der Waals surface area contributed by atoms with Crippen molar-refractivity contribution in [3.63, 3.8) is 0 Å². The number of nitrogens with zero attached hydrogens (tertiary/aromatic N) is 2. The van der Waals surface area contributed by atoms with Crippen LogP contribution in [0.4, 0.5) is 4.39 Å². The average Bonchev–Trinajstić information content (AvgIpc) is 3.39. The maximum atomic E-state index is 13.5. The van der Waals surface area contributed by atoms with E-state index in [4.69, 9.17) is 13.9 Å². The molecule has 3 aromatic rings. The summed E-state index contributed by atoms with van der Waals surface area (Å²) < 4.78 is 31.6. The SMILES string of the molecule is COCCN(Cc1cccn1Cc1cccc(F)c1)C[C@@H](O)COCc1ccco1. The first-order chi connectivity index (χ1) is 14.6. The summed E-state index contributed by atoms with van der Waals surface area (Å²) in [5.74, 6) is 0.495. The molecule has 30 heavy (non-hydrogen) atoms. The van der Waals surface area contributed by atoms with Gasteiger partial charge in [0.05, 0.1) is 25.6 Å². The molecule has 0 radical (unpaired) electrons. The van der Waals surface area contributed by atoms with Gasteiger partial charge in [-0.25, -0.2) is 4.39 Å². The number of ether oxygens (including phenoxy) is 2. The quantitative estimate of drug-likeness (QED) is 0.463. The number of aliphatic hydroxyl groups excluding tert-OH is 1. The van der Waals surface area contributed by atoms with Crippen LogP contribution in [0.15, 0.2) is 65.4 Å². The second kappa shape index (κ2) is 11.7. The Bertz CT molecular complexity index is 866. The van der Waals surface area contributed by atoms with Crippen molar-refractivity contribution in [2.75, 3.05) is 33.4 Å². The van der Waals surface area contributed by atoms with E-state index in [9.17, 15) is 9.50 Å². The molecule has 1 aromatic carbocycles. The van der Waals surface area contributed by atoms with E-state index >= 15 is 0 Å². The summed E-state index contributed by atoms with van der Waals surface area (Å²) in [4.78, 5) is 2.13. The van der Waals surface area contributed by atoms with Gasteiger partial charge in [-0.2, -0.15) is 0 Å². The van der Waals surface area contributed by atoms with Crippen molar-refractivity contribution >= 4 is 0 Å². The molecule has 0 fully saturated rings. The zero-order valence-corrected chi connectivity index (χ0v) is 17.2. The Morgan fingerprint density at radius 3 is 2.87 bits per heavy atom. The lowest BCUT2D eigenvalue weighted by Gasteiger charge is -2.25. The lowest BCUT2D eigenvalue weighted by atomic mass is 10.2. The third-order valence-electron chi connectivity index (χ3n) is 4.77. The van der Waals surface area contributed by atoms with Crippen LogP contribution in [-0.4, -0.2) is 54.1 Å². The summed E-state index contributed by atoms with van der Waals surface area (Å²) in [6, 6.07) is 14.3. The Hall–Kier alpha value is -2.45. The summed E-state index contributed by atoms with van der Waals surface area (Å²) in [6.07, 6.45) is 2.95. The van der Waals surface area contributed by atoms with Gasteiger partial charge < -0.3 is 23.6 Å². The molecule has 0 spiro atoms. The minimum absolute atomic E-state index is 0.217. The molecular formula is C23H29FN2O4. The molecule has 2 heterocycles. The molecule has 0 unspecified atom stereocenters. The van der Waals surface area contributed by atoms with Crippen molar-refractivity contribution in [1.29, 1.82) is 0 Å². The Labute approximate surface area is 176 Å². The fraction of sp³-hybridized carbons (Fsp3) is 0.391. The van der Waals surface area contributed by atoms with E-state index in [0.717, 1.165) is 17.0 Å². The monoisotopic (exact) mass is 416 g/mol. The Kier molecular flexibility index (Phi) is 8.65. The largest absolute Gasteiger partial charge is 0.467 e. The lowest BCUT2D eigenvalue weighted by Crippen LogP contribution is -2.37. The van der Waals surface area contributed by atoms with E-state index in [1.54, 1.807) is 31.6 Å². The number of hydrogen-bond donors (Lipinski definition) is 1. The van der Waals surface area contributed by atoms with Crippen molar-refractivity contribution in [2.45, 2.75) is 25.8 Å². The van der Waals surface area contributed by atoms with E-state index in [2.05, 4.69) is 9.47 Å². The Balaban J connectivity index is 1.55. The zero-order valence-electron chi connectivity index (χ0n) is 17.2. The molecule has 3 rings (SSSR count). The highest BCUT2D eigenvalue weighted by molar-refractivity contribution is 5.19. The normalized spacial score (nSPS) is 12.5. The van der Waals surface area contributed by atoms with Gasteiger partial charge >= 0.3 is 0 Å². The number of methoxy groups -OCH3 is 1. The topological polar surface area (TPSA) is 60.0 Å². The predicted octanol–water partition coefficient (Wildman–Crippen LogP) is 3.29. The third kappa shape index (κ3) is 7.11. The number of aliphatic hydroxyl groups is 1. The molecule has 6 nitrogen and oxygen atoms in total. The van der Waals surface area contributed by atoms with Crippen molar-refractivity contribution in [1.82, 2.24) is 9.47 Å². The van der Waals surface area contributed by atoms with E-state index in [0.29, 0.717) is 39.4 Å². The van der Waals surface area contributed by atoms with Crippen LogP contribution in [0.5, 0.6) is 0 Å². The van der Waals surface area contributed by atoms with Crippen molar-refractivity contribution in [2.24, 2.45) is 0 Å². The number of rotatable bonds is 13. The molecule has 7 heteroatoms. The zero-order chi connectivity index (χ0) is 21.2. The van der Waals surface area contributed by atoms with Crippen LogP contribution in [0.25, 0.3) is 0 Å². The van der Waals surface area contributed by atoms with Crippen LogP contribution in [0.2, 0.25) is 0 Å². The molecule has 0 saturated heterocycles. The molecule has 0 bridgehead atoms. The number of benzene rings is 1. The number of furan rings is 1. The van der Waals surface area contributed by atoms with Crippen molar-refractivity contribution < 1.29 is 23.4 Å². The second-order valence-corrected chi connectivity index (χ2v) is 7.23. The van der Waals surface area contributed by atoms with Gasteiger partial charge in [0.1, 0.15) is 18.2 Å². The molecule has 0 aliphatic heterocycles. The van der Waals surface area contributed by atoms with Crippen LogP contribution < -0.4 is 0 Å². The molecule has 2 aromatic heterocycles. The van der Waals surface area contributed by atoms with Crippen molar-refractivity contribution in [3.8, 4) is 0 Å². The first kappa shape index (κ1) is 22.2. The summed E-state index contributed by atoms with van der Waals surface area (Å²) in [5.41, 5.74) is 1.99. The maximum absolute atomic E-state index is 13.5. The van der Waals surface area contributed by atoms with Crippen LogP contribution in [0, 0.1) is 5.82 Å². The van der Waals surface area contributed by atoms with E-state index in [-0.39, 0.29) is 12.4 Å². The molecule has 0 aliphatic carbocycles. The van der Waals surface area contributed by atoms with Crippen LogP contribution in [-0.2, 0) is 29.2 Å². The summed E-state index contributed by atoms with van der Waals surface area (Å²) in [7, 11) is 1.66. The van der Waals surface area contributed by atoms with Gasteiger partial charge in [-0.1, -0.05) is 12.1 Å². The highest BCUT2D eigenvalue weighted by atomic mass is 19.1. The van der Waals surface area contributed by atoms with Gasteiger partial charge in [-0.05, 0) is 42.0 Å². The number of hydrogen-bond acceptors (Lipinski definition) is 5. The number of aromatic nitrogens is 1. The molecule has 0 aliphatic rings. The minimum atomic E-state index is -0.636. The molecular weight excluding hydrogens is 387 g/mol. The average molecular weight is 416 g/mol. The van der Waals surface area contributed by atoms with Gasteiger partial charge in [0.2, 0.25) is 0 Å². The fourth-order valence-electron chi connectivity index (χ4n) is 3.30. The summed E-state index contributed by atoms with van der Waals surface area (Å²) in [6.45, 7) is 3.47. The first-order valence-corrected chi connectivity index (χ1v) is 10.0. The maximum Gasteiger partial charge on any atom is 0.129 e. The Morgan fingerprint density at radius 1 is 1.20 bits per heavy atom. The highest BCUT2D eigenvalue weighted by Crippen LogP contribution is 2.12. The Morgan fingerprint density at radius 2 is 2.10 bits per heavy atom. The molecule has 162 valence electrons. The predicted molar refractivity (Wildman–Crippen MR) is 111 cm³/mol. The van der Waals surface area contributed by atoms with Gasteiger partial charge in [0.15, 0.2) is 0 Å². The van der Waals surface area contributed by atoms with Gasteiger partial charge in [-0.3, -0.25) is 4.90 Å². The summed E-state index contributed by atoms with van der Waals surface area (Å²) >= 11 is 0. The highest BCUT2D eigenvalue weighted by Gasteiger charge is 2.15. The van der Waals surface area contributed by atoms with Crippen LogP contribution in [0.3, 0.4) is 0 Å². The smallest absolute Gasteiger partial charge is 0.129 e. The van der Waals surface area contributed by atoms with Crippen molar-refractivity contribution in [3.05, 3.63) is 83.8 Å². The van der Waals surface area contributed by atoms with E-state index < -0.39 is 6.10 Å². The molecule has 0 saturated carbocycles. The molecule has 0 amide bonds. The molecule has 1 atom stereocenters. The minimum Gasteiger partial charge on any atom is -0.467 e. The van der Waals surface area contributed by atoms with Gasteiger partial charge in [-0.15, -0.1) is 0 Å². The third-order valence-corrected chi connectivity index (χ3v) is 4.77. The standard InChI is InChI=1S/C23H29FN2O4/c1-28-12-10-25(16-22(27)17-29-18-23-8-4-11-30-23)15-21-7-3-9-26(21)14-19-5-2-6-20(24)13-19/h2-9,11,13,22,27H,10,12,14-18H2,1H3/t22-/m1/s1. The van der Waals surface area contributed by atoms with Crippen LogP contribution >= 0.6 is 0 Å². The second-order valence-electron chi connectivity index (χ2n) is 7.23. The van der Waals surface area contributed by atoms with Crippen LogP contribution in [0.1, 0.15) is 17.0 Å². The van der Waals surface area contributed by atoms with E-state index in [1.807, 2.05) is 30.5 Å². The number of halogens is 1. The van der Waals surface area contributed by atoms with Gasteiger partial charge in [0, 0.05) is 45.2 Å². The summed E-state index contributed by atoms with van der Waals surface area (Å²) in [5, 5.41) is 10.4.